The van der Waals surface area contributed by atoms with E-state index < -0.39 is 18.0 Å². The van der Waals surface area contributed by atoms with Crippen LogP contribution >= 0.6 is 11.3 Å². The second-order valence-electron chi connectivity index (χ2n) is 4.35. The number of aromatic nitrogens is 1. The number of ether oxygens (including phenoxy) is 2. The molecule has 2 rings (SSSR count). The Kier molecular flexibility index (Phi) is 5.05. The molecule has 0 radical (unpaired) electrons. The van der Waals surface area contributed by atoms with Gasteiger partial charge in [-0.3, -0.25) is 4.79 Å². The molecule has 1 fully saturated rings. The third-order valence-corrected chi connectivity index (χ3v) is 3.90. The lowest BCUT2D eigenvalue weighted by Gasteiger charge is -2.10. The van der Waals surface area contributed by atoms with Crippen molar-refractivity contribution < 1.29 is 24.2 Å². The molecule has 0 aliphatic carbocycles. The molecule has 1 aliphatic heterocycles. The Balaban J connectivity index is 1.90. The third kappa shape index (κ3) is 3.53. The molecule has 0 saturated carbocycles. The molecule has 1 aromatic rings. The first kappa shape index (κ1) is 14.9. The summed E-state index contributed by atoms with van der Waals surface area (Å²) in [7, 11) is 1.28. The van der Waals surface area contributed by atoms with Crippen LogP contribution in [-0.2, 0) is 14.3 Å². The summed E-state index contributed by atoms with van der Waals surface area (Å²) in [6.07, 6.45) is 0.835. The second kappa shape index (κ2) is 6.78. The van der Waals surface area contributed by atoms with Crippen molar-refractivity contribution in [2.75, 3.05) is 20.3 Å². The van der Waals surface area contributed by atoms with Crippen LogP contribution in [0.25, 0.3) is 0 Å². The van der Waals surface area contributed by atoms with Gasteiger partial charge < -0.3 is 19.9 Å². The average Bonchev–Trinajstić information content (AvgIpc) is 3.09. The monoisotopic (exact) mass is 300 g/mol. The second-order valence-corrected chi connectivity index (χ2v) is 5.23. The Hall–Kier alpha value is -1.51. The van der Waals surface area contributed by atoms with Crippen LogP contribution in [0.3, 0.4) is 0 Å². The molecule has 1 saturated heterocycles. The molecular weight excluding hydrogens is 284 g/mol. The van der Waals surface area contributed by atoms with Gasteiger partial charge in [-0.05, 0) is 12.8 Å². The van der Waals surface area contributed by atoms with Gasteiger partial charge in [0.2, 0.25) is 0 Å². The van der Waals surface area contributed by atoms with Gasteiger partial charge in [-0.1, -0.05) is 0 Å². The van der Waals surface area contributed by atoms with Crippen LogP contribution in [0.5, 0.6) is 0 Å². The molecule has 1 amide bonds. The molecule has 0 aromatic carbocycles. The van der Waals surface area contributed by atoms with E-state index in [2.05, 4.69) is 10.3 Å². The summed E-state index contributed by atoms with van der Waals surface area (Å²) in [5.74, 6) is -1.53. The number of hydrogen-bond acceptors (Lipinski definition) is 6. The molecule has 7 nitrogen and oxygen atoms in total. The Labute approximate surface area is 119 Å². The van der Waals surface area contributed by atoms with Crippen LogP contribution in [0.1, 0.15) is 34.4 Å². The number of aliphatic carboxylic acids is 1. The molecule has 8 heteroatoms. The van der Waals surface area contributed by atoms with E-state index in [1.54, 1.807) is 5.38 Å². The van der Waals surface area contributed by atoms with Crippen LogP contribution in [0.4, 0.5) is 0 Å². The molecule has 1 aliphatic rings. The molecule has 0 spiro atoms. The number of methoxy groups -OCH3 is 1. The number of nitrogens with zero attached hydrogens (tertiary/aromatic N) is 1. The van der Waals surface area contributed by atoms with E-state index >= 15 is 0 Å². The number of carboxylic acid groups (broad SMARTS) is 1. The van der Waals surface area contributed by atoms with Crippen molar-refractivity contribution in [2.24, 2.45) is 0 Å². The third-order valence-electron chi connectivity index (χ3n) is 2.97. The molecule has 0 bridgehead atoms. The molecule has 2 atom stereocenters. The summed E-state index contributed by atoms with van der Waals surface area (Å²) in [5, 5.41) is 13.7. The fraction of sp³-hybridized carbons (Fsp3) is 0.583. The Morgan fingerprint density at radius 2 is 2.50 bits per heavy atom. The SMILES string of the molecule is COC(CNC(=O)c1csc(C2CCCO2)n1)C(=O)O. The van der Waals surface area contributed by atoms with E-state index in [4.69, 9.17) is 14.6 Å². The van der Waals surface area contributed by atoms with Crippen molar-refractivity contribution in [3.63, 3.8) is 0 Å². The molecule has 2 unspecified atom stereocenters. The van der Waals surface area contributed by atoms with Gasteiger partial charge in [-0.2, -0.15) is 0 Å². The smallest absolute Gasteiger partial charge is 0.334 e. The Morgan fingerprint density at radius 1 is 1.70 bits per heavy atom. The number of carbonyl (C=O) groups is 2. The van der Waals surface area contributed by atoms with Crippen molar-refractivity contribution in [3.8, 4) is 0 Å². The largest absolute Gasteiger partial charge is 0.479 e. The Bertz CT molecular complexity index is 484. The maximum Gasteiger partial charge on any atom is 0.334 e. The average molecular weight is 300 g/mol. The zero-order valence-corrected chi connectivity index (χ0v) is 11.8. The van der Waals surface area contributed by atoms with Crippen molar-refractivity contribution in [1.82, 2.24) is 10.3 Å². The number of amides is 1. The first-order valence-electron chi connectivity index (χ1n) is 6.22. The lowest BCUT2D eigenvalue weighted by molar-refractivity contribution is -0.148. The predicted molar refractivity (Wildman–Crippen MR) is 70.8 cm³/mol. The highest BCUT2D eigenvalue weighted by molar-refractivity contribution is 7.09. The minimum Gasteiger partial charge on any atom is -0.479 e. The maximum absolute atomic E-state index is 11.9. The van der Waals surface area contributed by atoms with Gasteiger partial charge in [0, 0.05) is 19.1 Å². The summed E-state index contributed by atoms with van der Waals surface area (Å²) >= 11 is 1.38. The summed E-state index contributed by atoms with van der Waals surface area (Å²) in [6.45, 7) is 0.622. The fourth-order valence-corrected chi connectivity index (χ4v) is 2.74. The van der Waals surface area contributed by atoms with Crippen LogP contribution in [0.15, 0.2) is 5.38 Å². The highest BCUT2D eigenvalue weighted by atomic mass is 32.1. The summed E-state index contributed by atoms with van der Waals surface area (Å²) in [5.41, 5.74) is 0.278. The van der Waals surface area contributed by atoms with Crippen molar-refractivity contribution in [1.29, 1.82) is 0 Å². The maximum atomic E-state index is 11.9. The van der Waals surface area contributed by atoms with Gasteiger partial charge >= 0.3 is 5.97 Å². The number of carbonyl (C=O) groups excluding carboxylic acids is 1. The van der Waals surface area contributed by atoms with Crippen LogP contribution < -0.4 is 5.32 Å². The van der Waals surface area contributed by atoms with Gasteiger partial charge in [0.25, 0.3) is 5.91 Å². The normalized spacial score (nSPS) is 19.8. The van der Waals surface area contributed by atoms with E-state index in [0.29, 0.717) is 0 Å². The molecule has 110 valence electrons. The molecular formula is C12H16N2O5S. The number of hydrogen-bond donors (Lipinski definition) is 2. The quantitative estimate of drug-likeness (QED) is 0.807. The lowest BCUT2D eigenvalue weighted by Crippen LogP contribution is -2.37. The predicted octanol–water partition coefficient (Wildman–Crippen LogP) is 0.824. The van der Waals surface area contributed by atoms with Gasteiger partial charge in [0.15, 0.2) is 6.10 Å². The minimum absolute atomic E-state index is 0.0210. The van der Waals surface area contributed by atoms with Gasteiger partial charge in [-0.25, -0.2) is 9.78 Å². The summed E-state index contributed by atoms with van der Waals surface area (Å²) in [6, 6.07) is 0. The van der Waals surface area contributed by atoms with E-state index in [9.17, 15) is 9.59 Å². The summed E-state index contributed by atoms with van der Waals surface area (Å²) < 4.78 is 10.2. The van der Waals surface area contributed by atoms with Crippen LogP contribution in [0.2, 0.25) is 0 Å². The highest BCUT2D eigenvalue weighted by Gasteiger charge is 2.23. The van der Waals surface area contributed by atoms with Crippen LogP contribution in [0, 0.1) is 0 Å². The molecule has 1 aromatic heterocycles. The molecule has 20 heavy (non-hydrogen) atoms. The van der Waals surface area contributed by atoms with Gasteiger partial charge in [0.05, 0.1) is 6.54 Å². The lowest BCUT2D eigenvalue weighted by atomic mass is 10.2. The Morgan fingerprint density at radius 3 is 3.10 bits per heavy atom. The van der Waals surface area contributed by atoms with Gasteiger partial charge in [0.1, 0.15) is 16.8 Å². The number of carboxylic acids is 1. The van der Waals surface area contributed by atoms with Crippen LogP contribution in [-0.4, -0.2) is 48.3 Å². The highest BCUT2D eigenvalue weighted by Crippen LogP contribution is 2.30. The zero-order valence-electron chi connectivity index (χ0n) is 11.0. The number of nitrogens with one attached hydrogen (secondary N) is 1. The standard InChI is InChI=1S/C12H16N2O5S/c1-18-9(12(16)17)5-13-10(15)7-6-20-11(14-7)8-3-2-4-19-8/h6,8-9H,2-5H2,1H3,(H,13,15)(H,16,17). The van der Waals surface area contributed by atoms with Gasteiger partial charge in [-0.15, -0.1) is 11.3 Å². The first-order valence-corrected chi connectivity index (χ1v) is 7.10. The van der Waals surface area contributed by atoms with E-state index in [1.165, 1.54) is 18.4 Å². The van der Waals surface area contributed by atoms with Crippen molar-refractivity contribution in [2.45, 2.75) is 25.0 Å². The van der Waals surface area contributed by atoms with Crippen molar-refractivity contribution >= 4 is 23.2 Å². The minimum atomic E-state index is -1.12. The van der Waals surface area contributed by atoms with E-state index in [1.807, 2.05) is 0 Å². The fourth-order valence-electron chi connectivity index (χ4n) is 1.86. The van der Waals surface area contributed by atoms with Crippen molar-refractivity contribution in [3.05, 3.63) is 16.1 Å². The number of thiazole rings is 1. The van der Waals surface area contributed by atoms with E-state index in [-0.39, 0.29) is 18.3 Å². The molecule has 2 N–H and O–H groups in total. The zero-order chi connectivity index (χ0) is 14.5. The molecule has 2 heterocycles. The summed E-state index contributed by atoms with van der Waals surface area (Å²) in [4.78, 5) is 26.8. The topological polar surface area (TPSA) is 97.8 Å². The number of rotatable bonds is 6. The van der Waals surface area contributed by atoms with E-state index in [0.717, 1.165) is 24.5 Å². The first-order chi connectivity index (χ1) is 9.61.